The van der Waals surface area contributed by atoms with Crippen molar-refractivity contribution in [1.29, 1.82) is 0 Å². The lowest BCUT2D eigenvalue weighted by Crippen LogP contribution is -2.20. The number of carbonyl (C=O) groups excluding carboxylic acids is 1. The minimum atomic E-state index is -0.482. The van der Waals surface area contributed by atoms with E-state index in [-0.39, 0.29) is 23.4 Å². The van der Waals surface area contributed by atoms with E-state index in [0.29, 0.717) is 22.8 Å². The Labute approximate surface area is 172 Å². The summed E-state index contributed by atoms with van der Waals surface area (Å²) in [5.74, 6) is 1.27. The zero-order chi connectivity index (χ0) is 21.1. The molecule has 1 heterocycles. The van der Waals surface area contributed by atoms with Gasteiger partial charge in [-0.3, -0.25) is 14.9 Å². The van der Waals surface area contributed by atoms with Gasteiger partial charge < -0.3 is 9.15 Å². The molecule has 0 radical (unpaired) electrons. The van der Waals surface area contributed by atoms with Gasteiger partial charge in [-0.1, -0.05) is 30.3 Å². The van der Waals surface area contributed by atoms with Crippen LogP contribution in [0.1, 0.15) is 23.7 Å². The van der Waals surface area contributed by atoms with Gasteiger partial charge >= 0.3 is 0 Å². The largest absolute Gasteiger partial charge is 0.496 e. The van der Waals surface area contributed by atoms with E-state index >= 15 is 0 Å². The van der Waals surface area contributed by atoms with Crippen LogP contribution in [0.5, 0.6) is 5.75 Å². The number of methoxy groups -OCH3 is 1. The maximum atomic E-state index is 12.3. The molecule has 0 aliphatic heterocycles. The Morgan fingerprint density at radius 1 is 1.23 bits per heavy atom. The first-order chi connectivity index (χ1) is 14.6. The van der Waals surface area contributed by atoms with E-state index in [1.807, 2.05) is 30.3 Å². The van der Waals surface area contributed by atoms with Gasteiger partial charge in [0.05, 0.1) is 23.8 Å². The molecule has 8 nitrogen and oxygen atoms in total. The number of hydrogen-bond acceptors (Lipinski definition) is 6. The smallest absolute Gasteiger partial charge is 0.270 e. The summed E-state index contributed by atoms with van der Waals surface area (Å²) in [4.78, 5) is 22.8. The number of nitrogens with zero attached hydrogens (tertiary/aromatic N) is 2. The van der Waals surface area contributed by atoms with Gasteiger partial charge in [-0.25, -0.2) is 5.43 Å². The van der Waals surface area contributed by atoms with E-state index in [1.165, 1.54) is 31.5 Å². The molecule has 1 fully saturated rings. The first kappa shape index (κ1) is 19.4. The quantitative estimate of drug-likeness (QED) is 0.361. The van der Waals surface area contributed by atoms with Crippen LogP contribution in [0.15, 0.2) is 70.2 Å². The highest BCUT2D eigenvalue weighted by Gasteiger charge is 2.43. The van der Waals surface area contributed by atoms with Crippen molar-refractivity contribution in [2.45, 2.75) is 12.3 Å². The van der Waals surface area contributed by atoms with Crippen molar-refractivity contribution in [3.05, 3.63) is 82.1 Å². The lowest BCUT2D eigenvalue weighted by molar-refractivity contribution is -0.384. The lowest BCUT2D eigenvalue weighted by Gasteiger charge is -2.05. The Kier molecular flexibility index (Phi) is 5.30. The van der Waals surface area contributed by atoms with Crippen LogP contribution in [0.4, 0.5) is 5.69 Å². The SMILES string of the molecule is COc1ccc([N+](=O)[O-])cc1-c1ccc(C=NNC(=O)[C@H]2C[C@@H]2c2ccccc2)o1. The highest BCUT2D eigenvalue weighted by atomic mass is 16.6. The zero-order valence-electron chi connectivity index (χ0n) is 16.1. The highest BCUT2D eigenvalue weighted by Crippen LogP contribution is 2.47. The molecular formula is C22H19N3O5. The molecule has 30 heavy (non-hydrogen) atoms. The molecule has 1 N–H and O–H groups in total. The third-order valence-electron chi connectivity index (χ3n) is 5.01. The first-order valence-corrected chi connectivity index (χ1v) is 9.37. The van der Waals surface area contributed by atoms with E-state index in [9.17, 15) is 14.9 Å². The maximum absolute atomic E-state index is 12.3. The lowest BCUT2D eigenvalue weighted by atomic mass is 10.1. The molecule has 0 bridgehead atoms. The summed E-state index contributed by atoms with van der Waals surface area (Å²) in [6.45, 7) is 0. The predicted octanol–water partition coefficient (Wildman–Crippen LogP) is 4.12. The molecule has 2 atom stereocenters. The van der Waals surface area contributed by atoms with Crippen LogP contribution in [0.3, 0.4) is 0 Å². The molecule has 0 saturated heterocycles. The minimum absolute atomic E-state index is 0.0675. The van der Waals surface area contributed by atoms with Crippen molar-refractivity contribution in [3.8, 4) is 17.1 Å². The Hall–Kier alpha value is -3.94. The van der Waals surface area contributed by atoms with Crippen molar-refractivity contribution in [1.82, 2.24) is 5.43 Å². The van der Waals surface area contributed by atoms with Crippen LogP contribution in [0, 0.1) is 16.0 Å². The monoisotopic (exact) mass is 405 g/mol. The van der Waals surface area contributed by atoms with Gasteiger partial charge in [-0.15, -0.1) is 0 Å². The Morgan fingerprint density at radius 3 is 2.77 bits per heavy atom. The normalized spacial score (nSPS) is 17.6. The van der Waals surface area contributed by atoms with Crippen LogP contribution in [-0.4, -0.2) is 24.2 Å². The Bertz CT molecular complexity index is 1110. The molecule has 152 valence electrons. The van der Waals surface area contributed by atoms with Gasteiger partial charge in [0.15, 0.2) is 0 Å². The average Bonchev–Trinajstić information content (AvgIpc) is 3.44. The molecule has 0 spiro atoms. The van der Waals surface area contributed by atoms with E-state index in [1.54, 1.807) is 12.1 Å². The third kappa shape index (κ3) is 4.07. The summed E-state index contributed by atoms with van der Waals surface area (Å²) in [6.07, 6.45) is 2.20. The van der Waals surface area contributed by atoms with Crippen LogP contribution in [-0.2, 0) is 4.79 Å². The Morgan fingerprint density at radius 2 is 2.03 bits per heavy atom. The van der Waals surface area contributed by atoms with Crippen molar-refractivity contribution < 1.29 is 18.9 Å². The molecule has 1 aliphatic carbocycles. The van der Waals surface area contributed by atoms with E-state index in [0.717, 1.165) is 12.0 Å². The fourth-order valence-electron chi connectivity index (χ4n) is 3.36. The van der Waals surface area contributed by atoms with Gasteiger partial charge in [0.2, 0.25) is 5.91 Å². The molecule has 1 amide bonds. The number of hydrazone groups is 1. The van der Waals surface area contributed by atoms with Crippen molar-refractivity contribution >= 4 is 17.8 Å². The van der Waals surface area contributed by atoms with Crippen LogP contribution in [0.25, 0.3) is 11.3 Å². The second-order valence-electron chi connectivity index (χ2n) is 6.94. The average molecular weight is 405 g/mol. The van der Waals surface area contributed by atoms with Crippen molar-refractivity contribution in [2.24, 2.45) is 11.0 Å². The molecule has 1 saturated carbocycles. The molecule has 8 heteroatoms. The first-order valence-electron chi connectivity index (χ1n) is 9.37. The fourth-order valence-corrected chi connectivity index (χ4v) is 3.36. The van der Waals surface area contributed by atoms with Gasteiger partial charge in [0.1, 0.15) is 17.3 Å². The molecule has 0 unspecified atom stereocenters. The summed E-state index contributed by atoms with van der Waals surface area (Å²) < 4.78 is 11.0. The maximum Gasteiger partial charge on any atom is 0.270 e. The summed E-state index contributed by atoms with van der Waals surface area (Å²) in [5, 5.41) is 15.0. The minimum Gasteiger partial charge on any atom is -0.496 e. The molecule has 1 aromatic heterocycles. The zero-order valence-corrected chi connectivity index (χ0v) is 16.1. The number of nitro groups is 1. The number of ether oxygens (including phenoxy) is 1. The number of carbonyl (C=O) groups is 1. The number of nitro benzene ring substituents is 1. The fraction of sp³-hybridized carbons (Fsp3) is 0.182. The summed E-state index contributed by atoms with van der Waals surface area (Å²) in [7, 11) is 1.48. The van der Waals surface area contributed by atoms with Crippen LogP contribution < -0.4 is 10.2 Å². The summed E-state index contributed by atoms with van der Waals surface area (Å²) >= 11 is 0. The van der Waals surface area contributed by atoms with Crippen LogP contribution >= 0.6 is 0 Å². The predicted molar refractivity (Wildman–Crippen MR) is 110 cm³/mol. The number of furan rings is 1. The summed E-state index contributed by atoms with van der Waals surface area (Å²) in [5.41, 5.74) is 4.09. The highest BCUT2D eigenvalue weighted by molar-refractivity contribution is 5.85. The van der Waals surface area contributed by atoms with Crippen molar-refractivity contribution in [2.75, 3.05) is 7.11 Å². The standard InChI is InChI=1S/C22H19N3O5/c1-29-20-9-7-15(25(27)28)11-19(20)21-10-8-16(30-21)13-23-24-22(26)18-12-17(18)14-5-3-2-4-6-14/h2-11,13,17-18H,12H2,1H3,(H,24,26)/t17-,18+/m1/s1. The second kappa shape index (κ2) is 8.20. The number of rotatable bonds is 7. The van der Waals surface area contributed by atoms with Gasteiger partial charge in [-0.05, 0) is 36.1 Å². The topological polar surface area (TPSA) is 107 Å². The van der Waals surface area contributed by atoms with Crippen molar-refractivity contribution in [3.63, 3.8) is 0 Å². The molecule has 4 rings (SSSR count). The van der Waals surface area contributed by atoms with Gasteiger partial charge in [0, 0.05) is 18.1 Å². The van der Waals surface area contributed by atoms with E-state index in [2.05, 4.69) is 10.5 Å². The Balaban J connectivity index is 1.41. The van der Waals surface area contributed by atoms with Gasteiger partial charge in [0.25, 0.3) is 5.69 Å². The summed E-state index contributed by atoms with van der Waals surface area (Å²) in [6, 6.07) is 17.5. The van der Waals surface area contributed by atoms with Gasteiger partial charge in [-0.2, -0.15) is 5.10 Å². The van der Waals surface area contributed by atoms with E-state index < -0.39 is 4.92 Å². The molecule has 2 aromatic carbocycles. The molecule has 3 aromatic rings. The molecule has 1 aliphatic rings. The third-order valence-corrected chi connectivity index (χ3v) is 5.01. The number of hydrogen-bond donors (Lipinski definition) is 1. The number of non-ortho nitro benzene ring substituents is 1. The van der Waals surface area contributed by atoms with E-state index in [4.69, 9.17) is 9.15 Å². The molecular weight excluding hydrogens is 386 g/mol. The van der Waals surface area contributed by atoms with Crippen LogP contribution in [0.2, 0.25) is 0 Å². The number of benzene rings is 2. The second-order valence-corrected chi connectivity index (χ2v) is 6.94. The number of nitrogens with one attached hydrogen (secondary N) is 1. The number of amides is 1.